The topological polar surface area (TPSA) is 93.2 Å². The van der Waals surface area contributed by atoms with Crippen molar-refractivity contribution in [2.24, 2.45) is 0 Å². The monoisotopic (exact) mass is 341 g/mol. The van der Waals surface area contributed by atoms with E-state index >= 15 is 0 Å². The molecule has 0 aliphatic heterocycles. The molecule has 1 aromatic rings. The van der Waals surface area contributed by atoms with Crippen molar-refractivity contribution in [2.75, 3.05) is 45.8 Å². The van der Waals surface area contributed by atoms with Gasteiger partial charge >= 0.3 is 6.03 Å². The fraction of sp³-hybridized carbons (Fsp3) is 0.625. The Labute approximate surface area is 142 Å². The number of hydrogen-bond donors (Lipinski definition) is 2. The summed E-state index contributed by atoms with van der Waals surface area (Å²) in [5.41, 5.74) is 0.546. The molecule has 2 N–H and O–H groups in total. The highest BCUT2D eigenvalue weighted by atomic mass is 16.5. The van der Waals surface area contributed by atoms with Crippen molar-refractivity contribution in [3.8, 4) is 5.88 Å². The molecule has 2 amide bonds. The van der Waals surface area contributed by atoms with Gasteiger partial charge in [0.1, 0.15) is 0 Å². The molecule has 24 heavy (non-hydrogen) atoms. The molecule has 0 aromatic carbocycles. The fourth-order valence-electron chi connectivity index (χ4n) is 1.81. The second kappa shape index (κ2) is 10.8. The van der Waals surface area contributed by atoms with Gasteiger partial charge < -0.3 is 29.5 Å². The molecular weight excluding hydrogens is 314 g/mol. The van der Waals surface area contributed by atoms with Crippen LogP contribution in [0.2, 0.25) is 0 Å². The lowest BCUT2D eigenvalue weighted by Gasteiger charge is -2.21. The number of ether oxygens (including phenoxy) is 3. The Morgan fingerprint density at radius 2 is 2.12 bits per heavy atom. The highest BCUT2D eigenvalue weighted by Crippen LogP contribution is 2.11. The van der Waals surface area contributed by atoms with Gasteiger partial charge in [-0.2, -0.15) is 0 Å². The first-order valence-electron chi connectivity index (χ1n) is 7.82. The number of likely N-dealkylation sites (N-methyl/N-ethyl adjacent to an activating group) is 1. The van der Waals surface area contributed by atoms with E-state index in [1.165, 1.54) is 18.2 Å². The number of carbonyl (C=O) groups is 1. The lowest BCUT2D eigenvalue weighted by Crippen LogP contribution is -2.39. The number of aliphatic hydroxyl groups excluding tert-OH is 1. The molecule has 0 bridgehead atoms. The number of nitrogens with zero attached hydrogens (tertiary/aromatic N) is 2. The molecule has 0 saturated heterocycles. The molecule has 1 aromatic heterocycles. The predicted octanol–water partition coefficient (Wildman–Crippen LogP) is 1.36. The molecule has 8 nitrogen and oxygen atoms in total. The van der Waals surface area contributed by atoms with Gasteiger partial charge in [0, 0.05) is 13.1 Å². The smallest absolute Gasteiger partial charge is 0.321 e. The number of aliphatic hydroxyl groups is 1. The zero-order valence-corrected chi connectivity index (χ0v) is 14.7. The van der Waals surface area contributed by atoms with E-state index in [0.717, 1.165) is 0 Å². The number of carbonyl (C=O) groups excluding carboxylic acids is 1. The van der Waals surface area contributed by atoms with Crippen LogP contribution in [0.1, 0.15) is 13.8 Å². The lowest BCUT2D eigenvalue weighted by molar-refractivity contribution is -0.0144. The van der Waals surface area contributed by atoms with Gasteiger partial charge in [-0.05, 0) is 19.9 Å². The molecular formula is C16H27N3O5. The number of amides is 2. The summed E-state index contributed by atoms with van der Waals surface area (Å²) in [5, 5.41) is 12.6. The average Bonchev–Trinajstić information content (AvgIpc) is 2.54. The Morgan fingerprint density at radius 1 is 1.38 bits per heavy atom. The average molecular weight is 341 g/mol. The van der Waals surface area contributed by atoms with Crippen molar-refractivity contribution in [1.29, 1.82) is 0 Å². The van der Waals surface area contributed by atoms with Crippen LogP contribution in [0.25, 0.3) is 0 Å². The second-order valence-electron chi connectivity index (χ2n) is 5.55. The molecule has 0 aliphatic carbocycles. The van der Waals surface area contributed by atoms with E-state index in [2.05, 4.69) is 10.3 Å². The van der Waals surface area contributed by atoms with Crippen LogP contribution in [0.15, 0.2) is 18.3 Å². The Kier molecular flexibility index (Phi) is 9.06. The van der Waals surface area contributed by atoms with Crippen LogP contribution in [0.4, 0.5) is 10.5 Å². The summed E-state index contributed by atoms with van der Waals surface area (Å²) >= 11 is 0. The molecule has 8 heteroatoms. The summed E-state index contributed by atoms with van der Waals surface area (Å²) in [4.78, 5) is 17.4. The molecule has 0 unspecified atom stereocenters. The molecule has 136 valence electrons. The molecule has 1 atom stereocenters. The van der Waals surface area contributed by atoms with Crippen molar-refractivity contribution in [1.82, 2.24) is 9.88 Å². The fourth-order valence-corrected chi connectivity index (χ4v) is 1.81. The quantitative estimate of drug-likeness (QED) is 0.624. The highest BCUT2D eigenvalue weighted by Gasteiger charge is 2.14. The number of methoxy groups -OCH3 is 1. The Balaban J connectivity index is 2.26. The number of rotatable bonds is 10. The first-order valence-corrected chi connectivity index (χ1v) is 7.82. The summed E-state index contributed by atoms with van der Waals surface area (Å²) in [6.45, 7) is 5.07. The van der Waals surface area contributed by atoms with E-state index in [0.29, 0.717) is 24.8 Å². The van der Waals surface area contributed by atoms with Crippen molar-refractivity contribution in [3.63, 3.8) is 0 Å². The molecule has 0 fully saturated rings. The molecule has 1 heterocycles. The van der Waals surface area contributed by atoms with Crippen molar-refractivity contribution >= 4 is 11.7 Å². The third-order valence-corrected chi connectivity index (χ3v) is 3.02. The van der Waals surface area contributed by atoms with Crippen LogP contribution in [0.3, 0.4) is 0 Å². The van der Waals surface area contributed by atoms with Crippen LogP contribution in [-0.2, 0) is 9.47 Å². The minimum Gasteiger partial charge on any atom is -0.481 e. The number of anilines is 1. The van der Waals surface area contributed by atoms with E-state index in [4.69, 9.17) is 14.2 Å². The molecule has 1 rings (SSSR count). The van der Waals surface area contributed by atoms with Gasteiger partial charge in [-0.25, -0.2) is 9.78 Å². The summed E-state index contributed by atoms with van der Waals surface area (Å²) in [6.07, 6.45) is 0.883. The van der Waals surface area contributed by atoms with Crippen LogP contribution in [0.5, 0.6) is 5.88 Å². The lowest BCUT2D eigenvalue weighted by atomic mass is 10.3. The molecule has 0 saturated carbocycles. The van der Waals surface area contributed by atoms with Crippen LogP contribution >= 0.6 is 0 Å². The number of hydrogen-bond acceptors (Lipinski definition) is 6. The van der Waals surface area contributed by atoms with E-state index in [9.17, 15) is 9.90 Å². The van der Waals surface area contributed by atoms with Gasteiger partial charge in [0.25, 0.3) is 0 Å². The van der Waals surface area contributed by atoms with Gasteiger partial charge in [-0.1, -0.05) is 0 Å². The van der Waals surface area contributed by atoms with Gasteiger partial charge in [0.2, 0.25) is 5.88 Å². The van der Waals surface area contributed by atoms with E-state index < -0.39 is 6.10 Å². The van der Waals surface area contributed by atoms with Crippen molar-refractivity contribution in [2.45, 2.75) is 26.1 Å². The van der Waals surface area contributed by atoms with E-state index in [-0.39, 0.29) is 25.3 Å². The minimum absolute atomic E-state index is 0.142. The number of pyridine rings is 1. The SMILES string of the molecule is COc1ccc(NC(=O)N(C)C[C@@H](O)COCCOC(C)C)cn1. The maximum Gasteiger partial charge on any atom is 0.321 e. The van der Waals surface area contributed by atoms with Gasteiger partial charge in [0.05, 0.1) is 57.6 Å². The van der Waals surface area contributed by atoms with Crippen molar-refractivity contribution in [3.05, 3.63) is 18.3 Å². The van der Waals surface area contributed by atoms with E-state index in [1.807, 2.05) is 13.8 Å². The van der Waals surface area contributed by atoms with Crippen LogP contribution in [-0.4, -0.2) is 73.8 Å². The molecule has 0 spiro atoms. The predicted molar refractivity (Wildman–Crippen MR) is 90.4 cm³/mol. The summed E-state index contributed by atoms with van der Waals surface area (Å²) in [7, 11) is 3.12. The Bertz CT molecular complexity index is 481. The second-order valence-corrected chi connectivity index (χ2v) is 5.55. The standard InChI is InChI=1S/C16H27N3O5/c1-12(2)24-8-7-23-11-14(20)10-19(3)16(21)18-13-5-6-15(22-4)17-9-13/h5-6,9,12,14,20H,7-8,10-11H2,1-4H3,(H,18,21)/t14-/m1/s1. The molecule has 0 radical (unpaired) electrons. The largest absolute Gasteiger partial charge is 0.481 e. The summed E-state index contributed by atoms with van der Waals surface area (Å²) < 4.78 is 15.6. The van der Waals surface area contributed by atoms with E-state index in [1.54, 1.807) is 19.2 Å². The maximum atomic E-state index is 12.0. The first kappa shape index (κ1) is 20.1. The van der Waals surface area contributed by atoms with Gasteiger partial charge in [-0.3, -0.25) is 0 Å². The van der Waals surface area contributed by atoms with Crippen molar-refractivity contribution < 1.29 is 24.1 Å². The summed E-state index contributed by atoms with van der Waals surface area (Å²) in [5.74, 6) is 0.468. The highest BCUT2D eigenvalue weighted by molar-refractivity contribution is 5.88. The third-order valence-electron chi connectivity index (χ3n) is 3.02. The number of nitrogens with one attached hydrogen (secondary N) is 1. The van der Waals surface area contributed by atoms with Gasteiger partial charge in [0.15, 0.2) is 0 Å². The third kappa shape index (κ3) is 8.09. The number of aromatic nitrogens is 1. The van der Waals surface area contributed by atoms with Crippen LogP contribution < -0.4 is 10.1 Å². The maximum absolute atomic E-state index is 12.0. The number of urea groups is 1. The Morgan fingerprint density at radius 3 is 2.71 bits per heavy atom. The first-order chi connectivity index (χ1) is 11.4. The minimum atomic E-state index is -0.770. The summed E-state index contributed by atoms with van der Waals surface area (Å²) in [6, 6.07) is 2.99. The molecule has 0 aliphatic rings. The van der Waals surface area contributed by atoms with Crippen LogP contribution in [0, 0.1) is 0 Å². The van der Waals surface area contributed by atoms with Gasteiger partial charge in [-0.15, -0.1) is 0 Å². The normalized spacial score (nSPS) is 12.1. The zero-order valence-electron chi connectivity index (χ0n) is 14.7. The Hall–Kier alpha value is -1.90. The zero-order chi connectivity index (χ0) is 17.9.